The second kappa shape index (κ2) is 8.34. The molecule has 29 heavy (non-hydrogen) atoms. The van der Waals surface area contributed by atoms with Crippen LogP contribution in [-0.4, -0.2) is 42.2 Å². The monoisotopic (exact) mass is 397 g/mol. The van der Waals surface area contributed by atoms with E-state index in [1.54, 1.807) is 42.5 Å². The average molecular weight is 397 g/mol. The fourth-order valence-corrected chi connectivity index (χ4v) is 2.72. The number of aromatic nitrogens is 2. The number of aromatic amines is 1. The molecule has 0 unspecified atom stereocenters. The lowest BCUT2D eigenvalue weighted by Gasteiger charge is -2.13. The number of aromatic hydroxyl groups is 1. The number of benzene rings is 2. The van der Waals surface area contributed by atoms with Crippen LogP contribution in [0, 0.1) is 0 Å². The molecular weight excluding hydrogens is 378 g/mol. The molecule has 150 valence electrons. The van der Waals surface area contributed by atoms with Gasteiger partial charge in [0.15, 0.2) is 0 Å². The number of methoxy groups -OCH3 is 3. The van der Waals surface area contributed by atoms with Gasteiger partial charge in [-0.2, -0.15) is 0 Å². The van der Waals surface area contributed by atoms with Gasteiger partial charge in [-0.05, 0) is 24.3 Å². The zero-order valence-electron chi connectivity index (χ0n) is 16.0. The van der Waals surface area contributed by atoms with Crippen LogP contribution in [0.5, 0.6) is 23.1 Å². The lowest BCUT2D eigenvalue weighted by atomic mass is 10.2. The standard InChI is InChI=1S/C20H19N3O6/c1-27-12-8-9-16(28-2)14(10-12)21-11-13-18(24)22-20(26)23(19(13)25)15-6-4-5-7-17(15)29-3/h4-11,25H,1-3H3,(H,22,24,26). The molecule has 0 aliphatic heterocycles. The maximum absolute atomic E-state index is 12.4. The molecule has 0 saturated heterocycles. The van der Waals surface area contributed by atoms with Crippen LogP contribution in [0.3, 0.4) is 0 Å². The molecule has 2 N–H and O–H groups in total. The molecule has 1 heterocycles. The maximum Gasteiger partial charge on any atom is 0.335 e. The van der Waals surface area contributed by atoms with E-state index in [0.717, 1.165) is 10.8 Å². The Kier molecular flexibility index (Phi) is 5.68. The van der Waals surface area contributed by atoms with Crippen LogP contribution in [0.25, 0.3) is 5.69 Å². The van der Waals surface area contributed by atoms with Crippen molar-refractivity contribution in [1.29, 1.82) is 0 Å². The van der Waals surface area contributed by atoms with Gasteiger partial charge >= 0.3 is 5.69 Å². The zero-order chi connectivity index (χ0) is 21.0. The van der Waals surface area contributed by atoms with Crippen molar-refractivity contribution in [3.8, 4) is 28.8 Å². The van der Waals surface area contributed by atoms with Gasteiger partial charge in [-0.3, -0.25) is 14.8 Å². The summed E-state index contributed by atoms with van der Waals surface area (Å²) in [7, 11) is 4.42. The Morgan fingerprint density at radius 3 is 2.41 bits per heavy atom. The van der Waals surface area contributed by atoms with E-state index in [1.807, 2.05) is 0 Å². The van der Waals surface area contributed by atoms with E-state index in [1.165, 1.54) is 21.3 Å². The van der Waals surface area contributed by atoms with Crippen LogP contribution in [0.4, 0.5) is 5.69 Å². The van der Waals surface area contributed by atoms with Crippen LogP contribution < -0.4 is 25.5 Å². The molecule has 3 aromatic rings. The van der Waals surface area contributed by atoms with Crippen LogP contribution in [0.2, 0.25) is 0 Å². The zero-order valence-corrected chi connectivity index (χ0v) is 16.0. The molecule has 0 amide bonds. The lowest BCUT2D eigenvalue weighted by molar-refractivity contribution is 0.401. The first kappa shape index (κ1) is 19.7. The number of hydrogen-bond donors (Lipinski definition) is 2. The van der Waals surface area contributed by atoms with E-state index in [9.17, 15) is 14.7 Å². The highest BCUT2D eigenvalue weighted by Gasteiger charge is 2.17. The molecule has 9 heteroatoms. The van der Waals surface area contributed by atoms with Gasteiger partial charge in [-0.25, -0.2) is 9.36 Å². The quantitative estimate of drug-likeness (QED) is 0.615. The number of H-pyrrole nitrogens is 1. The molecule has 3 rings (SSSR count). The number of nitrogens with one attached hydrogen (secondary N) is 1. The minimum atomic E-state index is -0.812. The Balaban J connectivity index is 2.16. The number of nitrogens with zero attached hydrogens (tertiary/aromatic N) is 2. The van der Waals surface area contributed by atoms with Crippen molar-refractivity contribution in [2.45, 2.75) is 0 Å². The molecule has 0 aliphatic rings. The average Bonchev–Trinajstić information content (AvgIpc) is 2.73. The third kappa shape index (κ3) is 3.84. The van der Waals surface area contributed by atoms with E-state index in [0.29, 0.717) is 22.9 Å². The highest BCUT2D eigenvalue weighted by atomic mass is 16.5. The van der Waals surface area contributed by atoms with Gasteiger partial charge in [0.05, 0.1) is 27.0 Å². The second-order valence-electron chi connectivity index (χ2n) is 5.80. The maximum atomic E-state index is 12.4. The Labute approximate surface area is 165 Å². The van der Waals surface area contributed by atoms with Crippen LogP contribution in [0.1, 0.15) is 5.56 Å². The van der Waals surface area contributed by atoms with Crippen molar-refractivity contribution >= 4 is 11.9 Å². The van der Waals surface area contributed by atoms with Gasteiger partial charge in [0, 0.05) is 12.3 Å². The Hall–Kier alpha value is -4.01. The molecule has 0 bridgehead atoms. The molecule has 0 atom stereocenters. The van der Waals surface area contributed by atoms with Crippen molar-refractivity contribution in [2.24, 2.45) is 4.99 Å². The number of aliphatic imine (C=N–C) groups is 1. The number of ether oxygens (including phenoxy) is 3. The topological polar surface area (TPSA) is 115 Å². The van der Waals surface area contributed by atoms with Crippen LogP contribution >= 0.6 is 0 Å². The SMILES string of the molecule is COc1ccc(OC)c(N=Cc2c(O)n(-c3ccccc3OC)c(=O)[nH]c2=O)c1. The summed E-state index contributed by atoms with van der Waals surface area (Å²) in [6, 6.07) is 11.6. The van der Waals surface area contributed by atoms with Gasteiger partial charge in [-0.1, -0.05) is 12.1 Å². The second-order valence-corrected chi connectivity index (χ2v) is 5.80. The Bertz CT molecular complexity index is 1180. The summed E-state index contributed by atoms with van der Waals surface area (Å²) in [4.78, 5) is 31.0. The predicted octanol–water partition coefficient (Wildman–Crippen LogP) is 2.01. The lowest BCUT2D eigenvalue weighted by Crippen LogP contribution is -2.31. The normalized spacial score (nSPS) is 10.9. The third-order valence-corrected chi connectivity index (χ3v) is 4.17. The third-order valence-electron chi connectivity index (χ3n) is 4.17. The summed E-state index contributed by atoms with van der Waals surface area (Å²) in [5.41, 5.74) is -1.17. The van der Waals surface area contributed by atoms with E-state index < -0.39 is 17.1 Å². The molecule has 0 fully saturated rings. The Morgan fingerprint density at radius 2 is 1.72 bits per heavy atom. The number of hydrogen-bond acceptors (Lipinski definition) is 7. The van der Waals surface area contributed by atoms with Gasteiger partial charge in [0.1, 0.15) is 28.5 Å². The van der Waals surface area contributed by atoms with Crippen molar-refractivity contribution in [3.63, 3.8) is 0 Å². The largest absolute Gasteiger partial charge is 0.497 e. The number of para-hydroxylation sites is 2. The molecule has 0 radical (unpaired) electrons. The fourth-order valence-electron chi connectivity index (χ4n) is 2.72. The minimum Gasteiger partial charge on any atom is -0.497 e. The molecule has 1 aromatic heterocycles. The van der Waals surface area contributed by atoms with Crippen molar-refractivity contribution in [3.05, 3.63) is 68.9 Å². The van der Waals surface area contributed by atoms with Crippen LogP contribution in [-0.2, 0) is 0 Å². The summed E-state index contributed by atoms with van der Waals surface area (Å²) >= 11 is 0. The van der Waals surface area contributed by atoms with Crippen molar-refractivity contribution < 1.29 is 19.3 Å². The Morgan fingerprint density at radius 1 is 1.00 bits per heavy atom. The summed E-state index contributed by atoms with van der Waals surface area (Å²) in [6.07, 6.45) is 1.15. The smallest absolute Gasteiger partial charge is 0.335 e. The number of rotatable bonds is 6. The fraction of sp³-hybridized carbons (Fsp3) is 0.150. The first-order chi connectivity index (χ1) is 14.0. The molecule has 9 nitrogen and oxygen atoms in total. The highest BCUT2D eigenvalue weighted by Crippen LogP contribution is 2.31. The molecule has 2 aromatic carbocycles. The van der Waals surface area contributed by atoms with Crippen molar-refractivity contribution in [1.82, 2.24) is 9.55 Å². The molecule has 0 saturated carbocycles. The minimum absolute atomic E-state index is 0.208. The van der Waals surface area contributed by atoms with Gasteiger partial charge in [0.25, 0.3) is 5.56 Å². The van der Waals surface area contributed by atoms with Gasteiger partial charge in [-0.15, -0.1) is 0 Å². The first-order valence-electron chi connectivity index (χ1n) is 8.48. The van der Waals surface area contributed by atoms with E-state index in [2.05, 4.69) is 9.98 Å². The molecule has 0 aliphatic carbocycles. The van der Waals surface area contributed by atoms with Gasteiger partial charge in [0.2, 0.25) is 5.88 Å². The first-order valence-corrected chi connectivity index (χ1v) is 8.48. The summed E-state index contributed by atoms with van der Waals surface area (Å²) < 4.78 is 16.6. The van der Waals surface area contributed by atoms with Crippen molar-refractivity contribution in [2.75, 3.05) is 21.3 Å². The molecule has 0 spiro atoms. The summed E-state index contributed by atoms with van der Waals surface area (Å²) in [5.74, 6) is 0.745. The highest BCUT2D eigenvalue weighted by molar-refractivity contribution is 5.85. The van der Waals surface area contributed by atoms with E-state index in [-0.39, 0.29) is 11.3 Å². The summed E-state index contributed by atoms with van der Waals surface area (Å²) in [6.45, 7) is 0. The predicted molar refractivity (Wildman–Crippen MR) is 108 cm³/mol. The van der Waals surface area contributed by atoms with E-state index >= 15 is 0 Å². The summed E-state index contributed by atoms with van der Waals surface area (Å²) in [5, 5.41) is 10.7. The van der Waals surface area contributed by atoms with E-state index in [4.69, 9.17) is 14.2 Å². The van der Waals surface area contributed by atoms with Gasteiger partial charge < -0.3 is 19.3 Å². The molecular formula is C20H19N3O6. The van der Waals surface area contributed by atoms with Crippen LogP contribution in [0.15, 0.2) is 57.0 Å².